The van der Waals surface area contributed by atoms with Crippen LogP contribution in [0.25, 0.3) is 0 Å². The fourth-order valence-electron chi connectivity index (χ4n) is 3.82. The predicted molar refractivity (Wildman–Crippen MR) is 128 cm³/mol. The van der Waals surface area contributed by atoms with Gasteiger partial charge >= 0.3 is 0 Å². The molecule has 3 aromatic carbocycles. The van der Waals surface area contributed by atoms with Crippen LogP contribution in [0.1, 0.15) is 35.8 Å². The predicted octanol–water partition coefficient (Wildman–Crippen LogP) is 3.43. The summed E-state index contributed by atoms with van der Waals surface area (Å²) >= 11 is 0. The summed E-state index contributed by atoms with van der Waals surface area (Å²) in [6.45, 7) is 3.44. The number of phenols is 1. The topological polar surface area (TPSA) is 117 Å². The van der Waals surface area contributed by atoms with Gasteiger partial charge in [-0.1, -0.05) is 36.4 Å². The summed E-state index contributed by atoms with van der Waals surface area (Å²) < 4.78 is 11.5. The first kappa shape index (κ1) is 23.6. The van der Waals surface area contributed by atoms with Crippen molar-refractivity contribution in [2.75, 3.05) is 11.9 Å². The molecule has 180 valence electrons. The maximum absolute atomic E-state index is 13.2. The number of rotatable bonds is 8. The van der Waals surface area contributed by atoms with Crippen molar-refractivity contribution >= 4 is 23.4 Å². The Labute approximate surface area is 202 Å². The first-order valence-electron chi connectivity index (χ1n) is 11.1. The number of phenolic OH excluding ortho intramolecular Hbond substituents is 1. The number of para-hydroxylation sites is 2. The van der Waals surface area contributed by atoms with Gasteiger partial charge in [-0.3, -0.25) is 19.8 Å². The van der Waals surface area contributed by atoms with E-state index in [9.17, 15) is 19.5 Å². The second-order valence-corrected chi connectivity index (χ2v) is 7.83. The second-order valence-electron chi connectivity index (χ2n) is 7.83. The fraction of sp³-hybridized carbons (Fsp3) is 0.192. The largest absolute Gasteiger partial charge is 0.508 e. The molecule has 0 spiro atoms. The van der Waals surface area contributed by atoms with E-state index in [0.717, 1.165) is 5.01 Å². The number of ether oxygens (including phenoxy) is 2. The first-order valence-corrected chi connectivity index (χ1v) is 11.1. The molecule has 35 heavy (non-hydrogen) atoms. The van der Waals surface area contributed by atoms with E-state index in [4.69, 9.17) is 9.47 Å². The van der Waals surface area contributed by atoms with E-state index in [0.29, 0.717) is 23.6 Å². The number of nitrogens with one attached hydrogen (secondary N) is 2. The van der Waals surface area contributed by atoms with Crippen LogP contribution in [0.2, 0.25) is 0 Å². The van der Waals surface area contributed by atoms with Crippen molar-refractivity contribution in [2.24, 2.45) is 0 Å². The molecule has 4 rings (SSSR count). The summed E-state index contributed by atoms with van der Waals surface area (Å²) in [5, 5.41) is 14.2. The number of carbonyl (C=O) groups is 3. The monoisotopic (exact) mass is 475 g/mol. The molecular formula is C26H25N3O6. The van der Waals surface area contributed by atoms with Crippen LogP contribution in [-0.4, -0.2) is 40.5 Å². The Bertz CT molecular complexity index is 1250. The highest BCUT2D eigenvalue weighted by Crippen LogP contribution is 2.40. The Morgan fingerprint density at radius 2 is 1.74 bits per heavy atom. The van der Waals surface area contributed by atoms with Gasteiger partial charge in [-0.25, -0.2) is 5.01 Å². The van der Waals surface area contributed by atoms with Gasteiger partial charge in [-0.15, -0.1) is 0 Å². The van der Waals surface area contributed by atoms with Crippen molar-refractivity contribution in [3.63, 3.8) is 0 Å². The molecular weight excluding hydrogens is 450 g/mol. The SMILES string of the molecule is CCOc1cc(NC(C)=O)ccc1C(=O)NN1C(=O)[C@@H](Oc2ccccc2)[C@@H]1c1ccccc1O. The number of hydrazine groups is 1. The number of carbonyl (C=O) groups excluding carboxylic acids is 3. The summed E-state index contributed by atoms with van der Waals surface area (Å²) in [6.07, 6.45) is -0.945. The van der Waals surface area contributed by atoms with Crippen LogP contribution in [0.15, 0.2) is 72.8 Å². The van der Waals surface area contributed by atoms with Gasteiger partial charge in [-0.2, -0.15) is 0 Å². The number of β-lactam (4-membered cyclic amide) rings is 1. The average molecular weight is 476 g/mol. The third-order valence-electron chi connectivity index (χ3n) is 5.38. The van der Waals surface area contributed by atoms with E-state index < -0.39 is 24.0 Å². The van der Waals surface area contributed by atoms with E-state index in [1.54, 1.807) is 61.5 Å². The standard InChI is InChI=1S/C26H25N3O6/c1-3-34-22-15-17(27-16(2)30)13-14-20(22)25(32)28-29-23(19-11-7-8-12-21(19)31)24(26(29)33)35-18-9-5-4-6-10-18/h4-15,23-24,31H,3H2,1-2H3,(H,27,30)(H,28,32)/t23-,24-/m0/s1. The molecule has 0 unspecified atom stereocenters. The van der Waals surface area contributed by atoms with Gasteiger partial charge in [0.1, 0.15) is 23.3 Å². The van der Waals surface area contributed by atoms with Crippen LogP contribution in [0, 0.1) is 0 Å². The van der Waals surface area contributed by atoms with Gasteiger partial charge in [0.05, 0.1) is 12.2 Å². The lowest BCUT2D eigenvalue weighted by Gasteiger charge is -2.46. The highest BCUT2D eigenvalue weighted by atomic mass is 16.5. The molecule has 3 N–H and O–H groups in total. The average Bonchev–Trinajstić information content (AvgIpc) is 2.84. The molecule has 1 heterocycles. The highest BCUT2D eigenvalue weighted by Gasteiger charge is 2.52. The molecule has 0 radical (unpaired) electrons. The lowest BCUT2D eigenvalue weighted by Crippen LogP contribution is -2.67. The molecule has 3 amide bonds. The Morgan fingerprint density at radius 3 is 2.43 bits per heavy atom. The van der Waals surface area contributed by atoms with Crippen LogP contribution < -0.4 is 20.2 Å². The lowest BCUT2D eigenvalue weighted by molar-refractivity contribution is -0.169. The lowest BCUT2D eigenvalue weighted by atomic mass is 9.91. The quantitative estimate of drug-likeness (QED) is 0.430. The molecule has 0 saturated carbocycles. The van der Waals surface area contributed by atoms with Gasteiger partial charge in [0.25, 0.3) is 11.8 Å². The Hall–Kier alpha value is -4.53. The van der Waals surface area contributed by atoms with Crippen molar-refractivity contribution in [1.82, 2.24) is 10.4 Å². The molecule has 9 heteroatoms. The van der Waals surface area contributed by atoms with Crippen molar-refractivity contribution in [3.05, 3.63) is 83.9 Å². The zero-order valence-corrected chi connectivity index (χ0v) is 19.2. The third-order valence-corrected chi connectivity index (χ3v) is 5.38. The van der Waals surface area contributed by atoms with Gasteiger partial charge in [-0.05, 0) is 37.3 Å². The summed E-state index contributed by atoms with van der Waals surface area (Å²) in [4.78, 5) is 37.6. The van der Waals surface area contributed by atoms with Gasteiger partial charge in [0.15, 0.2) is 0 Å². The minimum Gasteiger partial charge on any atom is -0.508 e. The molecule has 1 saturated heterocycles. The van der Waals surface area contributed by atoms with Crippen molar-refractivity contribution in [1.29, 1.82) is 0 Å². The van der Waals surface area contributed by atoms with Gasteiger partial charge in [0, 0.05) is 24.2 Å². The summed E-state index contributed by atoms with van der Waals surface area (Å²) in [7, 11) is 0. The zero-order chi connectivity index (χ0) is 24.9. The first-order chi connectivity index (χ1) is 16.9. The van der Waals surface area contributed by atoms with Crippen molar-refractivity contribution < 1.29 is 29.0 Å². The molecule has 9 nitrogen and oxygen atoms in total. The third kappa shape index (κ3) is 5.03. The smallest absolute Gasteiger partial charge is 0.285 e. The Balaban J connectivity index is 1.61. The molecule has 2 atom stereocenters. The number of amides is 3. The maximum atomic E-state index is 13.2. The number of hydrogen-bond acceptors (Lipinski definition) is 6. The second kappa shape index (κ2) is 10.2. The van der Waals surface area contributed by atoms with Gasteiger partial charge in [0.2, 0.25) is 12.0 Å². The van der Waals surface area contributed by atoms with Crippen LogP contribution in [0.4, 0.5) is 5.69 Å². The number of benzene rings is 3. The summed E-state index contributed by atoms with van der Waals surface area (Å²) in [5.41, 5.74) is 3.70. The van der Waals surface area contributed by atoms with Crippen LogP contribution in [-0.2, 0) is 9.59 Å². The van der Waals surface area contributed by atoms with E-state index in [2.05, 4.69) is 10.7 Å². The van der Waals surface area contributed by atoms with Crippen LogP contribution in [0.5, 0.6) is 17.2 Å². The molecule has 0 bridgehead atoms. The van der Waals surface area contributed by atoms with Crippen molar-refractivity contribution in [3.8, 4) is 17.2 Å². The minimum atomic E-state index is -0.945. The fourth-order valence-corrected chi connectivity index (χ4v) is 3.82. The van der Waals surface area contributed by atoms with Crippen molar-refractivity contribution in [2.45, 2.75) is 26.0 Å². The van der Waals surface area contributed by atoms with Gasteiger partial charge < -0.3 is 19.9 Å². The maximum Gasteiger partial charge on any atom is 0.285 e. The number of anilines is 1. The summed E-state index contributed by atoms with van der Waals surface area (Å²) in [6, 6.07) is 19.3. The molecule has 1 aliphatic rings. The molecule has 3 aromatic rings. The normalized spacial score (nSPS) is 16.7. The number of aromatic hydroxyl groups is 1. The zero-order valence-electron chi connectivity index (χ0n) is 19.2. The Kier molecular flexibility index (Phi) is 6.86. The van der Waals surface area contributed by atoms with E-state index in [-0.39, 0.29) is 23.0 Å². The number of hydrogen-bond donors (Lipinski definition) is 3. The van der Waals surface area contributed by atoms with E-state index >= 15 is 0 Å². The van der Waals surface area contributed by atoms with E-state index in [1.807, 2.05) is 6.07 Å². The Morgan fingerprint density at radius 1 is 1.03 bits per heavy atom. The summed E-state index contributed by atoms with van der Waals surface area (Å²) in [5.74, 6) is -0.603. The molecule has 0 aliphatic carbocycles. The van der Waals surface area contributed by atoms with Crippen LogP contribution >= 0.6 is 0 Å². The molecule has 1 aliphatic heterocycles. The van der Waals surface area contributed by atoms with Crippen LogP contribution in [0.3, 0.4) is 0 Å². The molecule has 1 fully saturated rings. The highest BCUT2D eigenvalue weighted by molar-refractivity contribution is 6.00. The minimum absolute atomic E-state index is 0.0272. The van der Waals surface area contributed by atoms with E-state index in [1.165, 1.54) is 19.1 Å². The molecule has 0 aromatic heterocycles. The number of nitrogens with zero attached hydrogens (tertiary/aromatic N) is 1.